The predicted molar refractivity (Wildman–Crippen MR) is 107 cm³/mol. The Bertz CT molecular complexity index is 651. The summed E-state index contributed by atoms with van der Waals surface area (Å²) in [5.74, 6) is -0.876. The molecule has 0 aliphatic heterocycles. The number of hydrogen-bond acceptors (Lipinski definition) is 6. The average molecular weight is 389 g/mol. The van der Waals surface area contributed by atoms with Crippen molar-refractivity contribution in [2.24, 2.45) is 0 Å². The van der Waals surface area contributed by atoms with Crippen molar-refractivity contribution in [1.29, 1.82) is 5.26 Å². The first-order chi connectivity index (χ1) is 12.9. The Morgan fingerprint density at radius 1 is 0.964 bits per heavy atom. The summed E-state index contributed by atoms with van der Waals surface area (Å²) in [6.45, 7) is 10.6. The molecule has 0 saturated carbocycles. The first-order valence-electron chi connectivity index (χ1n) is 9.48. The van der Waals surface area contributed by atoms with E-state index in [1.54, 1.807) is 46.4 Å². The van der Waals surface area contributed by atoms with Gasteiger partial charge in [-0.25, -0.2) is 0 Å². The molecule has 6 nitrogen and oxygen atoms in total. The number of carbonyl (C=O) groups is 2. The van der Waals surface area contributed by atoms with E-state index in [0.717, 1.165) is 5.56 Å². The number of rotatable bonds is 8. The molecule has 0 heterocycles. The van der Waals surface area contributed by atoms with Gasteiger partial charge in [0.25, 0.3) is 0 Å². The zero-order chi connectivity index (χ0) is 21.4. The molecule has 1 rings (SSSR count). The summed E-state index contributed by atoms with van der Waals surface area (Å²) < 4.78 is 10.8. The largest absolute Gasteiger partial charge is 0.459 e. The van der Waals surface area contributed by atoms with Gasteiger partial charge in [0.05, 0.1) is 25.6 Å². The summed E-state index contributed by atoms with van der Waals surface area (Å²) in [4.78, 5) is 26.5. The molecule has 0 radical (unpaired) electrons. The van der Waals surface area contributed by atoms with Crippen molar-refractivity contribution in [3.05, 3.63) is 35.9 Å². The lowest BCUT2D eigenvalue weighted by molar-refractivity contribution is -0.161. The van der Waals surface area contributed by atoms with Gasteiger partial charge >= 0.3 is 11.9 Å². The van der Waals surface area contributed by atoms with Crippen LogP contribution < -0.4 is 0 Å². The Morgan fingerprint density at radius 2 is 1.43 bits per heavy atom. The number of ether oxygens (including phenoxy) is 2. The number of hydrogen-bond donors (Lipinski definition) is 0. The van der Waals surface area contributed by atoms with Crippen LogP contribution in [0.25, 0.3) is 0 Å². The van der Waals surface area contributed by atoms with Gasteiger partial charge in [0.15, 0.2) is 0 Å². The lowest BCUT2D eigenvalue weighted by atomic mass is 10.0. The van der Waals surface area contributed by atoms with E-state index < -0.39 is 23.1 Å². The van der Waals surface area contributed by atoms with Crippen LogP contribution >= 0.6 is 0 Å². The second-order valence-corrected chi connectivity index (χ2v) is 8.78. The van der Waals surface area contributed by atoms with E-state index in [-0.39, 0.29) is 25.6 Å². The third-order valence-electron chi connectivity index (χ3n) is 3.66. The van der Waals surface area contributed by atoms with E-state index in [1.165, 1.54) is 0 Å². The predicted octanol–water partition coefficient (Wildman–Crippen LogP) is 3.50. The highest BCUT2D eigenvalue weighted by atomic mass is 16.6. The highest BCUT2D eigenvalue weighted by Gasteiger charge is 2.28. The van der Waals surface area contributed by atoms with Crippen LogP contribution in [0, 0.1) is 11.3 Å². The molecule has 0 aromatic heterocycles. The summed E-state index contributed by atoms with van der Waals surface area (Å²) in [5.41, 5.74) is -0.224. The van der Waals surface area contributed by atoms with Gasteiger partial charge in [-0.05, 0) is 53.5 Å². The number of nitriles is 1. The lowest BCUT2D eigenvalue weighted by Crippen LogP contribution is -2.46. The van der Waals surface area contributed by atoms with Gasteiger partial charge in [-0.1, -0.05) is 30.3 Å². The second kappa shape index (κ2) is 10.2. The summed E-state index contributed by atoms with van der Waals surface area (Å²) in [7, 11) is 0. The molecule has 6 heteroatoms. The van der Waals surface area contributed by atoms with Gasteiger partial charge in [-0.2, -0.15) is 5.26 Å². The molecule has 1 aromatic carbocycles. The number of esters is 2. The fourth-order valence-electron chi connectivity index (χ4n) is 2.72. The van der Waals surface area contributed by atoms with Crippen LogP contribution in [-0.4, -0.2) is 47.2 Å². The summed E-state index contributed by atoms with van der Waals surface area (Å²) in [6.07, 6.45) is 0.723. The molecular formula is C22H32N2O4. The highest BCUT2D eigenvalue weighted by molar-refractivity contribution is 5.75. The van der Waals surface area contributed by atoms with Crippen LogP contribution in [0.3, 0.4) is 0 Å². The zero-order valence-corrected chi connectivity index (χ0v) is 17.8. The molecule has 154 valence electrons. The first kappa shape index (κ1) is 23.6. The molecule has 1 aromatic rings. The van der Waals surface area contributed by atoms with E-state index in [4.69, 9.17) is 9.47 Å². The smallest absolute Gasteiger partial charge is 0.320 e. The molecular weight excluding hydrogens is 356 g/mol. The third kappa shape index (κ3) is 10.1. The Labute approximate surface area is 168 Å². The molecule has 0 amide bonds. The van der Waals surface area contributed by atoms with Gasteiger partial charge in [-0.15, -0.1) is 0 Å². The quantitative estimate of drug-likeness (QED) is 0.634. The number of nitrogens with zero attached hydrogens (tertiary/aromatic N) is 2. The molecule has 0 fully saturated rings. The maximum absolute atomic E-state index is 12.4. The van der Waals surface area contributed by atoms with Crippen molar-refractivity contribution in [2.45, 2.75) is 71.6 Å². The van der Waals surface area contributed by atoms with E-state index >= 15 is 0 Å². The molecule has 0 unspecified atom stereocenters. The minimum absolute atomic E-state index is 0.0876. The number of carbonyl (C=O) groups excluding carboxylic acids is 2. The van der Waals surface area contributed by atoms with Gasteiger partial charge in [0.2, 0.25) is 0 Å². The molecule has 28 heavy (non-hydrogen) atoms. The zero-order valence-electron chi connectivity index (χ0n) is 17.8. The molecule has 0 aliphatic rings. The Balaban J connectivity index is 3.01. The van der Waals surface area contributed by atoms with Crippen LogP contribution in [0.5, 0.6) is 0 Å². The normalized spacial score (nSPS) is 12.9. The Morgan fingerprint density at radius 3 is 1.82 bits per heavy atom. The molecule has 0 spiro atoms. The van der Waals surface area contributed by atoms with Crippen LogP contribution in [0.2, 0.25) is 0 Å². The van der Waals surface area contributed by atoms with Gasteiger partial charge < -0.3 is 9.47 Å². The van der Waals surface area contributed by atoms with Crippen molar-refractivity contribution < 1.29 is 19.1 Å². The fourth-order valence-corrected chi connectivity index (χ4v) is 2.72. The van der Waals surface area contributed by atoms with Crippen LogP contribution in [-0.2, 0) is 25.5 Å². The van der Waals surface area contributed by atoms with Gasteiger partial charge in [0, 0.05) is 6.04 Å². The standard InChI is InChI=1S/C22H32N2O4/c1-21(2,3)27-19(25)15-24(16-20(26)28-22(4,5)6)18(12-13-23)14-17-10-8-7-9-11-17/h7-11,18H,12,14-16H2,1-6H3/t18-/m0/s1. The third-order valence-corrected chi connectivity index (χ3v) is 3.66. The maximum atomic E-state index is 12.4. The van der Waals surface area contributed by atoms with Crippen LogP contribution in [0.15, 0.2) is 30.3 Å². The summed E-state index contributed by atoms with van der Waals surface area (Å²) in [5, 5.41) is 9.30. The summed E-state index contributed by atoms with van der Waals surface area (Å²) in [6, 6.07) is 11.5. The first-order valence-corrected chi connectivity index (χ1v) is 9.48. The molecule has 0 N–H and O–H groups in total. The molecule has 0 saturated heterocycles. The molecule has 0 aliphatic carbocycles. The fraction of sp³-hybridized carbons (Fsp3) is 0.591. The van der Waals surface area contributed by atoms with Crippen molar-refractivity contribution >= 4 is 11.9 Å². The van der Waals surface area contributed by atoms with E-state index in [0.29, 0.717) is 6.42 Å². The minimum atomic E-state index is -0.626. The van der Waals surface area contributed by atoms with Crippen molar-refractivity contribution in [3.8, 4) is 6.07 Å². The average Bonchev–Trinajstić information content (AvgIpc) is 2.51. The minimum Gasteiger partial charge on any atom is -0.459 e. The Hall–Kier alpha value is -2.39. The van der Waals surface area contributed by atoms with Gasteiger partial charge in [-0.3, -0.25) is 14.5 Å². The van der Waals surface area contributed by atoms with Crippen molar-refractivity contribution in [3.63, 3.8) is 0 Å². The van der Waals surface area contributed by atoms with Gasteiger partial charge in [0.1, 0.15) is 11.2 Å². The number of benzene rings is 1. The Kier molecular flexibility index (Phi) is 8.64. The molecule has 1 atom stereocenters. The van der Waals surface area contributed by atoms with Crippen LogP contribution in [0.1, 0.15) is 53.5 Å². The van der Waals surface area contributed by atoms with E-state index in [2.05, 4.69) is 6.07 Å². The topological polar surface area (TPSA) is 79.6 Å². The monoisotopic (exact) mass is 388 g/mol. The maximum Gasteiger partial charge on any atom is 0.320 e. The van der Waals surface area contributed by atoms with Crippen molar-refractivity contribution in [2.75, 3.05) is 13.1 Å². The highest BCUT2D eigenvalue weighted by Crippen LogP contribution is 2.16. The second-order valence-electron chi connectivity index (χ2n) is 8.78. The summed E-state index contributed by atoms with van der Waals surface area (Å²) >= 11 is 0. The van der Waals surface area contributed by atoms with E-state index in [1.807, 2.05) is 30.3 Å². The lowest BCUT2D eigenvalue weighted by Gasteiger charge is -2.31. The van der Waals surface area contributed by atoms with Crippen molar-refractivity contribution in [1.82, 2.24) is 4.90 Å². The molecule has 0 bridgehead atoms. The SMILES string of the molecule is CC(C)(C)OC(=O)CN(CC(=O)OC(C)(C)C)[C@@H](CC#N)Cc1ccccc1. The van der Waals surface area contributed by atoms with Crippen LogP contribution in [0.4, 0.5) is 0 Å². The van der Waals surface area contributed by atoms with E-state index in [9.17, 15) is 14.9 Å².